The predicted molar refractivity (Wildman–Crippen MR) is 52.0 cm³/mol. The van der Waals surface area contributed by atoms with E-state index in [2.05, 4.69) is 5.32 Å². The van der Waals surface area contributed by atoms with Crippen LogP contribution in [0.5, 0.6) is 0 Å². The Hall–Kier alpha value is -0.810. The minimum absolute atomic E-state index is 0.0862. The van der Waals surface area contributed by atoms with Gasteiger partial charge in [-0.15, -0.1) is 0 Å². The first-order valence-corrected chi connectivity index (χ1v) is 5.20. The quantitative estimate of drug-likeness (QED) is 0.530. The number of nitrogens with one attached hydrogen (secondary N) is 1. The number of amides is 2. The van der Waals surface area contributed by atoms with Crippen molar-refractivity contribution in [2.75, 3.05) is 39.3 Å². The first kappa shape index (κ1) is 9.73. The Morgan fingerprint density at radius 2 is 1.93 bits per heavy atom. The van der Waals surface area contributed by atoms with Crippen LogP contribution in [0.25, 0.3) is 0 Å². The largest absolute Gasteiger partial charge is 0.391 e. The lowest BCUT2D eigenvalue weighted by Crippen LogP contribution is -2.51. The van der Waals surface area contributed by atoms with Gasteiger partial charge in [-0.3, -0.25) is 0 Å². The van der Waals surface area contributed by atoms with E-state index in [1.54, 1.807) is 4.90 Å². The normalized spacial score (nSPS) is 28.2. The monoisotopic (exact) mass is 199 g/mol. The van der Waals surface area contributed by atoms with Crippen molar-refractivity contribution in [3.8, 4) is 0 Å². The van der Waals surface area contributed by atoms with Gasteiger partial charge < -0.3 is 20.2 Å². The SMILES string of the molecule is O=C(N1CCNCC1)N1CC[C@H](O)C1. The average molecular weight is 199 g/mol. The fourth-order valence-corrected chi connectivity index (χ4v) is 1.97. The second-order valence-corrected chi connectivity index (χ2v) is 3.91. The molecule has 2 saturated heterocycles. The zero-order valence-electron chi connectivity index (χ0n) is 8.28. The van der Waals surface area contributed by atoms with Crippen molar-refractivity contribution >= 4 is 6.03 Å². The highest BCUT2D eigenvalue weighted by Gasteiger charge is 2.28. The first-order valence-electron chi connectivity index (χ1n) is 5.20. The lowest BCUT2D eigenvalue weighted by molar-refractivity contribution is 0.142. The van der Waals surface area contributed by atoms with E-state index in [9.17, 15) is 9.90 Å². The third-order valence-electron chi connectivity index (χ3n) is 2.82. The topological polar surface area (TPSA) is 55.8 Å². The first-order chi connectivity index (χ1) is 6.77. The highest BCUT2D eigenvalue weighted by atomic mass is 16.3. The third kappa shape index (κ3) is 1.99. The summed E-state index contributed by atoms with van der Waals surface area (Å²) < 4.78 is 0. The van der Waals surface area contributed by atoms with Gasteiger partial charge >= 0.3 is 6.03 Å². The summed E-state index contributed by atoms with van der Waals surface area (Å²) in [5, 5.41) is 12.5. The van der Waals surface area contributed by atoms with Crippen LogP contribution in [0, 0.1) is 0 Å². The fourth-order valence-electron chi connectivity index (χ4n) is 1.97. The molecule has 0 saturated carbocycles. The highest BCUT2D eigenvalue weighted by molar-refractivity contribution is 5.75. The molecule has 2 fully saturated rings. The number of urea groups is 1. The molecule has 0 aromatic heterocycles. The molecule has 80 valence electrons. The molecule has 1 atom stereocenters. The molecule has 2 heterocycles. The Kier molecular flexibility index (Phi) is 2.88. The Labute approximate surface area is 83.7 Å². The molecule has 2 rings (SSSR count). The number of aliphatic hydroxyl groups excluding tert-OH is 1. The van der Waals surface area contributed by atoms with Crippen LogP contribution in [0.1, 0.15) is 6.42 Å². The zero-order valence-corrected chi connectivity index (χ0v) is 8.28. The molecule has 2 amide bonds. The molecule has 5 nitrogen and oxygen atoms in total. The van der Waals surface area contributed by atoms with Gasteiger partial charge in [0.05, 0.1) is 6.10 Å². The number of carbonyl (C=O) groups excluding carboxylic acids is 1. The summed E-state index contributed by atoms with van der Waals surface area (Å²) in [6, 6.07) is 0.0862. The van der Waals surface area contributed by atoms with Crippen molar-refractivity contribution in [3.05, 3.63) is 0 Å². The maximum absolute atomic E-state index is 11.9. The van der Waals surface area contributed by atoms with Gasteiger partial charge in [-0.1, -0.05) is 0 Å². The molecule has 0 radical (unpaired) electrons. The highest BCUT2D eigenvalue weighted by Crippen LogP contribution is 2.11. The van der Waals surface area contributed by atoms with Gasteiger partial charge in [-0.2, -0.15) is 0 Å². The molecule has 14 heavy (non-hydrogen) atoms. The number of β-amino-alcohol motifs (C(OH)–C–C–N with tert-alkyl or cyclic N) is 1. The van der Waals surface area contributed by atoms with E-state index in [1.165, 1.54) is 0 Å². The molecular formula is C9H17N3O2. The van der Waals surface area contributed by atoms with Crippen molar-refractivity contribution in [2.45, 2.75) is 12.5 Å². The standard InChI is InChI=1S/C9H17N3O2/c13-8-1-4-12(7-8)9(14)11-5-2-10-3-6-11/h8,10,13H,1-7H2/t8-/m0/s1. The molecule has 2 aliphatic rings. The molecule has 5 heteroatoms. The lowest BCUT2D eigenvalue weighted by atomic mass is 10.3. The molecule has 0 unspecified atom stereocenters. The number of hydrogen-bond acceptors (Lipinski definition) is 3. The van der Waals surface area contributed by atoms with Crippen LogP contribution in [0.3, 0.4) is 0 Å². The summed E-state index contributed by atoms with van der Waals surface area (Å²) in [5.41, 5.74) is 0. The van der Waals surface area contributed by atoms with E-state index in [4.69, 9.17) is 0 Å². The molecule has 0 aliphatic carbocycles. The summed E-state index contributed by atoms with van der Waals surface area (Å²) in [4.78, 5) is 15.5. The summed E-state index contributed by atoms with van der Waals surface area (Å²) >= 11 is 0. The van der Waals surface area contributed by atoms with Crippen LogP contribution < -0.4 is 5.32 Å². The summed E-state index contributed by atoms with van der Waals surface area (Å²) in [5.74, 6) is 0. The Bertz CT molecular complexity index is 209. The zero-order chi connectivity index (χ0) is 9.97. The number of hydrogen-bond donors (Lipinski definition) is 2. The number of carbonyl (C=O) groups is 1. The maximum Gasteiger partial charge on any atom is 0.320 e. The van der Waals surface area contributed by atoms with Crippen molar-refractivity contribution in [2.24, 2.45) is 0 Å². The number of likely N-dealkylation sites (tertiary alicyclic amines) is 1. The van der Waals surface area contributed by atoms with Gasteiger partial charge in [0.1, 0.15) is 0 Å². The van der Waals surface area contributed by atoms with Crippen LogP contribution in [-0.2, 0) is 0 Å². The number of aliphatic hydroxyl groups is 1. The van der Waals surface area contributed by atoms with Crippen molar-refractivity contribution < 1.29 is 9.90 Å². The number of nitrogens with zero attached hydrogens (tertiary/aromatic N) is 2. The van der Waals surface area contributed by atoms with Gasteiger partial charge in [0.15, 0.2) is 0 Å². The molecule has 2 aliphatic heterocycles. The van der Waals surface area contributed by atoms with Gasteiger partial charge in [0.25, 0.3) is 0 Å². The third-order valence-corrected chi connectivity index (χ3v) is 2.82. The summed E-state index contributed by atoms with van der Waals surface area (Å²) in [7, 11) is 0. The lowest BCUT2D eigenvalue weighted by Gasteiger charge is -2.31. The van der Waals surface area contributed by atoms with E-state index in [1.807, 2.05) is 4.90 Å². The van der Waals surface area contributed by atoms with Crippen LogP contribution >= 0.6 is 0 Å². The Balaban J connectivity index is 1.87. The molecule has 0 bridgehead atoms. The molecule has 2 N–H and O–H groups in total. The van der Waals surface area contributed by atoms with Gasteiger partial charge in [0, 0.05) is 39.3 Å². The second-order valence-electron chi connectivity index (χ2n) is 3.91. The molecule has 0 aromatic carbocycles. The average Bonchev–Trinajstić information content (AvgIpc) is 2.65. The van der Waals surface area contributed by atoms with E-state index < -0.39 is 0 Å². The van der Waals surface area contributed by atoms with E-state index in [0.717, 1.165) is 32.6 Å². The van der Waals surface area contributed by atoms with Crippen LogP contribution in [-0.4, -0.2) is 66.3 Å². The second kappa shape index (κ2) is 4.14. The van der Waals surface area contributed by atoms with Crippen molar-refractivity contribution in [3.63, 3.8) is 0 Å². The molecular weight excluding hydrogens is 182 g/mol. The van der Waals surface area contributed by atoms with Gasteiger partial charge in [0.2, 0.25) is 0 Å². The van der Waals surface area contributed by atoms with Crippen LogP contribution in [0.2, 0.25) is 0 Å². The maximum atomic E-state index is 11.9. The number of rotatable bonds is 0. The van der Waals surface area contributed by atoms with E-state index >= 15 is 0 Å². The van der Waals surface area contributed by atoms with E-state index in [-0.39, 0.29) is 12.1 Å². The van der Waals surface area contributed by atoms with Crippen LogP contribution in [0.15, 0.2) is 0 Å². The fraction of sp³-hybridized carbons (Fsp3) is 0.889. The minimum Gasteiger partial charge on any atom is -0.391 e. The summed E-state index contributed by atoms with van der Waals surface area (Å²) in [6.45, 7) is 4.52. The smallest absolute Gasteiger partial charge is 0.320 e. The summed E-state index contributed by atoms with van der Waals surface area (Å²) in [6.07, 6.45) is 0.402. The molecule has 0 spiro atoms. The van der Waals surface area contributed by atoms with E-state index in [0.29, 0.717) is 13.1 Å². The van der Waals surface area contributed by atoms with Crippen LogP contribution in [0.4, 0.5) is 4.79 Å². The minimum atomic E-state index is -0.318. The number of piperazine rings is 1. The van der Waals surface area contributed by atoms with Crippen molar-refractivity contribution in [1.29, 1.82) is 0 Å². The Morgan fingerprint density at radius 1 is 1.21 bits per heavy atom. The molecule has 0 aromatic rings. The predicted octanol–water partition coefficient (Wildman–Crippen LogP) is -0.922. The van der Waals surface area contributed by atoms with Gasteiger partial charge in [-0.05, 0) is 6.42 Å². The van der Waals surface area contributed by atoms with Crippen molar-refractivity contribution in [1.82, 2.24) is 15.1 Å². The Morgan fingerprint density at radius 3 is 2.50 bits per heavy atom. The van der Waals surface area contributed by atoms with Gasteiger partial charge in [-0.25, -0.2) is 4.79 Å².